The molecule has 6 N–H and O–H groups in total. The summed E-state index contributed by atoms with van der Waals surface area (Å²) in [7, 11) is 0. The average Bonchev–Trinajstić information content (AvgIpc) is 3.25. The maximum Gasteiger partial charge on any atom is 0.220 e. The lowest BCUT2D eigenvalue weighted by Gasteiger charge is -2.40. The second-order valence-electron chi connectivity index (χ2n) is 18.0. The second-order valence-corrected chi connectivity index (χ2v) is 18.0. The minimum atomic E-state index is -1.57. The molecule has 0 aromatic rings. The van der Waals surface area contributed by atoms with E-state index in [4.69, 9.17) is 9.47 Å². The monoisotopic (exact) mass is 852 g/mol. The van der Waals surface area contributed by atoms with Crippen LogP contribution in [0.15, 0.2) is 24.3 Å². The molecule has 0 spiro atoms. The van der Waals surface area contributed by atoms with Gasteiger partial charge in [0.2, 0.25) is 5.91 Å². The van der Waals surface area contributed by atoms with Crippen molar-refractivity contribution in [1.82, 2.24) is 5.32 Å². The lowest BCUT2D eigenvalue weighted by Crippen LogP contribution is -2.60. The maximum absolute atomic E-state index is 12.9. The smallest absolute Gasteiger partial charge is 0.220 e. The first-order chi connectivity index (χ1) is 29.3. The topological polar surface area (TPSA) is 149 Å². The fraction of sp³-hybridized carbons (Fsp3) is 0.902. The number of amides is 1. The quantitative estimate of drug-likeness (QED) is 0.0262. The van der Waals surface area contributed by atoms with Crippen LogP contribution in [0.3, 0.4) is 0 Å². The van der Waals surface area contributed by atoms with Crippen LogP contribution < -0.4 is 5.32 Å². The number of nitrogens with one attached hydrogen (secondary N) is 1. The van der Waals surface area contributed by atoms with Crippen LogP contribution in [0.5, 0.6) is 0 Å². The lowest BCUT2D eigenvalue weighted by molar-refractivity contribution is -0.302. The number of ether oxygens (including phenoxy) is 2. The van der Waals surface area contributed by atoms with Crippen molar-refractivity contribution in [2.45, 2.75) is 281 Å². The van der Waals surface area contributed by atoms with Crippen LogP contribution in [0.4, 0.5) is 0 Å². The van der Waals surface area contributed by atoms with E-state index in [1.807, 2.05) is 6.08 Å². The maximum atomic E-state index is 12.9. The Hall–Kier alpha value is -1.33. The van der Waals surface area contributed by atoms with E-state index in [1.165, 1.54) is 180 Å². The van der Waals surface area contributed by atoms with E-state index >= 15 is 0 Å². The molecule has 0 aromatic carbocycles. The van der Waals surface area contributed by atoms with Crippen molar-refractivity contribution in [3.05, 3.63) is 24.3 Å². The SMILES string of the molecule is CCCCC/C=C/CC/C=C/C(O)C(COC1OC(CO)C(O)C(O)C1O)NC(=O)CCCCCCCCCCCCCCCCCCCCCCCCCCCCCC. The highest BCUT2D eigenvalue weighted by molar-refractivity contribution is 5.76. The van der Waals surface area contributed by atoms with E-state index < -0.39 is 49.5 Å². The molecule has 1 aliphatic heterocycles. The van der Waals surface area contributed by atoms with Crippen LogP contribution >= 0.6 is 0 Å². The number of hydrogen-bond donors (Lipinski definition) is 6. The second kappa shape index (κ2) is 41.7. The van der Waals surface area contributed by atoms with E-state index in [0.29, 0.717) is 6.42 Å². The van der Waals surface area contributed by atoms with Crippen molar-refractivity contribution < 1.29 is 39.8 Å². The average molecular weight is 852 g/mol. The third-order valence-corrected chi connectivity index (χ3v) is 12.3. The largest absolute Gasteiger partial charge is 0.394 e. The van der Waals surface area contributed by atoms with Gasteiger partial charge in [-0.1, -0.05) is 224 Å². The van der Waals surface area contributed by atoms with E-state index in [-0.39, 0.29) is 12.5 Å². The van der Waals surface area contributed by atoms with Crippen LogP contribution in [0.25, 0.3) is 0 Å². The minimum Gasteiger partial charge on any atom is -0.394 e. The van der Waals surface area contributed by atoms with Crippen molar-refractivity contribution in [2.24, 2.45) is 0 Å². The Morgan fingerprint density at radius 1 is 0.550 bits per heavy atom. The van der Waals surface area contributed by atoms with E-state index in [0.717, 1.165) is 38.5 Å². The fourth-order valence-electron chi connectivity index (χ4n) is 8.17. The van der Waals surface area contributed by atoms with Crippen LogP contribution in [0.1, 0.15) is 239 Å². The van der Waals surface area contributed by atoms with Gasteiger partial charge in [-0.05, 0) is 32.1 Å². The molecule has 0 aliphatic carbocycles. The van der Waals surface area contributed by atoms with Gasteiger partial charge in [-0.3, -0.25) is 4.79 Å². The zero-order valence-corrected chi connectivity index (χ0v) is 39.0. The van der Waals surface area contributed by atoms with E-state index in [2.05, 4.69) is 31.3 Å². The first-order valence-electron chi connectivity index (χ1n) is 25.6. The van der Waals surface area contributed by atoms with Crippen LogP contribution in [0, 0.1) is 0 Å². The first-order valence-corrected chi connectivity index (χ1v) is 25.6. The van der Waals surface area contributed by atoms with Gasteiger partial charge in [0.05, 0.1) is 25.4 Å². The number of aliphatic hydroxyl groups excluding tert-OH is 5. The number of carbonyl (C=O) groups is 1. The molecule has 7 unspecified atom stereocenters. The van der Waals surface area contributed by atoms with Gasteiger partial charge in [-0.15, -0.1) is 0 Å². The van der Waals surface area contributed by atoms with E-state index in [9.17, 15) is 30.3 Å². The highest BCUT2D eigenvalue weighted by atomic mass is 16.7. The molecule has 0 bridgehead atoms. The number of rotatable bonds is 43. The molecule has 7 atom stereocenters. The van der Waals surface area contributed by atoms with Crippen molar-refractivity contribution in [3.63, 3.8) is 0 Å². The standard InChI is InChI=1S/C51H97NO8/c1-3-5-7-9-11-13-14-15-16-17-18-19-20-21-22-23-24-25-26-27-28-29-30-31-33-35-37-39-41-47(55)52-44(45(54)40-38-36-34-32-12-10-8-6-4-2)43-59-51-50(58)49(57)48(56)46(42-53)60-51/h12,32,38,40,44-46,48-51,53-54,56-58H,3-11,13-31,33-37,39,41-43H2,1-2H3,(H,52,55)/b32-12+,40-38+. The molecule has 1 heterocycles. The lowest BCUT2D eigenvalue weighted by atomic mass is 9.99. The Balaban J connectivity index is 2.13. The molecule has 1 amide bonds. The van der Waals surface area contributed by atoms with Crippen LogP contribution in [-0.2, 0) is 14.3 Å². The molecule has 1 saturated heterocycles. The molecule has 1 rings (SSSR count). The van der Waals surface area contributed by atoms with Gasteiger partial charge >= 0.3 is 0 Å². The predicted molar refractivity (Wildman–Crippen MR) is 249 cm³/mol. The number of unbranched alkanes of at least 4 members (excludes halogenated alkanes) is 31. The summed E-state index contributed by atoms with van der Waals surface area (Å²) in [5.41, 5.74) is 0. The Morgan fingerprint density at radius 3 is 1.40 bits per heavy atom. The normalized spacial score (nSPS) is 20.7. The predicted octanol–water partition coefficient (Wildman–Crippen LogP) is 11.5. The Bertz CT molecular complexity index is 992. The van der Waals surface area contributed by atoms with Crippen LogP contribution in [-0.4, -0.2) is 87.5 Å². The number of carbonyl (C=O) groups excluding carboxylic acids is 1. The summed E-state index contributed by atoms with van der Waals surface area (Å²) >= 11 is 0. The number of aliphatic hydroxyl groups is 5. The van der Waals surface area contributed by atoms with Gasteiger partial charge in [0.15, 0.2) is 6.29 Å². The van der Waals surface area contributed by atoms with Gasteiger partial charge < -0.3 is 40.3 Å². The van der Waals surface area contributed by atoms with Crippen molar-refractivity contribution in [2.75, 3.05) is 13.2 Å². The van der Waals surface area contributed by atoms with Crippen molar-refractivity contribution in [3.8, 4) is 0 Å². The van der Waals surface area contributed by atoms with Crippen LogP contribution in [0.2, 0.25) is 0 Å². The van der Waals surface area contributed by atoms with Gasteiger partial charge in [-0.25, -0.2) is 0 Å². The summed E-state index contributed by atoms with van der Waals surface area (Å²) in [4.78, 5) is 12.9. The van der Waals surface area contributed by atoms with Gasteiger partial charge in [0.25, 0.3) is 0 Å². The fourth-order valence-corrected chi connectivity index (χ4v) is 8.17. The zero-order valence-electron chi connectivity index (χ0n) is 39.0. The van der Waals surface area contributed by atoms with Crippen molar-refractivity contribution >= 4 is 5.91 Å². The highest BCUT2D eigenvalue weighted by Gasteiger charge is 2.44. The Kier molecular flexibility index (Phi) is 39.4. The Morgan fingerprint density at radius 2 is 0.950 bits per heavy atom. The van der Waals surface area contributed by atoms with E-state index in [1.54, 1.807) is 6.08 Å². The molecule has 1 aliphatic rings. The third-order valence-electron chi connectivity index (χ3n) is 12.3. The number of hydrogen-bond acceptors (Lipinski definition) is 8. The van der Waals surface area contributed by atoms with Gasteiger partial charge in [-0.2, -0.15) is 0 Å². The summed E-state index contributed by atoms with van der Waals surface area (Å²) in [6.45, 7) is 3.72. The van der Waals surface area contributed by atoms with Gasteiger partial charge in [0.1, 0.15) is 24.4 Å². The molecule has 9 nitrogen and oxygen atoms in total. The molecule has 60 heavy (non-hydrogen) atoms. The first kappa shape index (κ1) is 56.7. The summed E-state index contributed by atoms with van der Waals surface area (Å²) in [6, 6.07) is -0.815. The van der Waals surface area contributed by atoms with Crippen molar-refractivity contribution in [1.29, 1.82) is 0 Å². The number of allylic oxidation sites excluding steroid dienone is 3. The zero-order chi connectivity index (χ0) is 43.7. The van der Waals surface area contributed by atoms with Gasteiger partial charge in [0, 0.05) is 6.42 Å². The molecule has 9 heteroatoms. The molecule has 354 valence electrons. The third kappa shape index (κ3) is 31.5. The molecular weight excluding hydrogens is 755 g/mol. The molecule has 0 saturated carbocycles. The molecule has 0 radical (unpaired) electrons. The molecular formula is C51H97NO8. The summed E-state index contributed by atoms with van der Waals surface area (Å²) in [6.07, 6.45) is 44.1. The summed E-state index contributed by atoms with van der Waals surface area (Å²) < 4.78 is 11.2. The molecule has 0 aromatic heterocycles. The molecule has 1 fully saturated rings. The summed E-state index contributed by atoms with van der Waals surface area (Å²) in [5.74, 6) is -0.185. The summed E-state index contributed by atoms with van der Waals surface area (Å²) in [5, 5.41) is 54.0. The minimum absolute atomic E-state index is 0.185. The Labute approximate surface area is 369 Å². The highest BCUT2D eigenvalue weighted by Crippen LogP contribution is 2.23.